The van der Waals surface area contributed by atoms with Crippen LogP contribution in [0.25, 0.3) is 0 Å². The average Bonchev–Trinajstić information content (AvgIpc) is 2.59. The predicted octanol–water partition coefficient (Wildman–Crippen LogP) is 2.47. The van der Waals surface area contributed by atoms with E-state index < -0.39 is 23.7 Å². The van der Waals surface area contributed by atoms with Gasteiger partial charge in [-0.05, 0) is 48.4 Å². The molecular formula is C15H16CuF4N6S2. The van der Waals surface area contributed by atoms with Crippen LogP contribution in [0.4, 0.5) is 17.6 Å². The van der Waals surface area contributed by atoms with Gasteiger partial charge in [0.1, 0.15) is 18.1 Å². The molecule has 1 rings (SSSR count). The van der Waals surface area contributed by atoms with Crippen molar-refractivity contribution in [1.82, 2.24) is 10.6 Å². The molecule has 0 bridgehead atoms. The molecule has 0 unspecified atom stereocenters. The first-order valence-electron chi connectivity index (χ1n) is 7.55. The fraction of sp³-hybridized carbons (Fsp3) is 0.333. The number of nitrogens with zero attached hydrogens (tertiary/aromatic N) is 4. The summed E-state index contributed by atoms with van der Waals surface area (Å²) < 4.78 is 49.7. The number of alkyl halides is 3. The van der Waals surface area contributed by atoms with Gasteiger partial charge in [-0.15, -0.1) is 5.10 Å². The molecule has 0 aliphatic heterocycles. The minimum absolute atomic E-state index is 0. The van der Waals surface area contributed by atoms with Crippen LogP contribution in [0.15, 0.2) is 44.7 Å². The van der Waals surface area contributed by atoms with E-state index in [0.717, 1.165) is 0 Å². The van der Waals surface area contributed by atoms with Crippen LogP contribution in [-0.4, -0.2) is 41.0 Å². The maximum absolute atomic E-state index is 13.1. The summed E-state index contributed by atoms with van der Waals surface area (Å²) in [5.41, 5.74) is 0.822. The molecule has 28 heavy (non-hydrogen) atoms. The third-order valence-electron chi connectivity index (χ3n) is 2.76. The quantitative estimate of drug-likeness (QED) is 0.163. The van der Waals surface area contributed by atoms with Crippen molar-refractivity contribution in [3.8, 4) is 0 Å². The first-order chi connectivity index (χ1) is 12.6. The van der Waals surface area contributed by atoms with E-state index in [2.05, 4.69) is 25.7 Å². The van der Waals surface area contributed by atoms with E-state index in [1.807, 2.05) is 12.2 Å². The van der Waals surface area contributed by atoms with Crippen LogP contribution in [0.5, 0.6) is 0 Å². The number of rotatable bonds is 6. The molecule has 0 spiro atoms. The van der Waals surface area contributed by atoms with Gasteiger partial charge in [-0.2, -0.15) is 28.5 Å². The average molecular weight is 484 g/mol. The molecule has 0 aliphatic rings. The molecule has 0 fully saturated rings. The molecule has 1 radical (unpaired) electrons. The number of benzene rings is 1. The molecule has 1 aromatic carbocycles. The molecule has 0 atom stereocenters. The van der Waals surface area contributed by atoms with Crippen LogP contribution in [0.2, 0.25) is 0 Å². The van der Waals surface area contributed by atoms with Gasteiger partial charge >= 0.3 is 23.2 Å². The fourth-order valence-electron chi connectivity index (χ4n) is 1.61. The van der Waals surface area contributed by atoms with Crippen LogP contribution < -0.4 is 10.6 Å². The Balaban J connectivity index is 0.00000729. The smallest absolute Gasteiger partial charge is 0.741 e. The summed E-state index contributed by atoms with van der Waals surface area (Å²) in [6, 6.07) is 5.21. The van der Waals surface area contributed by atoms with Crippen molar-refractivity contribution in [1.29, 1.82) is 0 Å². The van der Waals surface area contributed by atoms with Crippen LogP contribution in [0.3, 0.4) is 0 Å². The molecule has 1 aromatic rings. The van der Waals surface area contributed by atoms with Gasteiger partial charge < -0.3 is 35.9 Å². The second-order valence-electron chi connectivity index (χ2n) is 4.95. The van der Waals surface area contributed by atoms with Gasteiger partial charge in [0.25, 0.3) is 0 Å². The van der Waals surface area contributed by atoms with Crippen molar-refractivity contribution in [2.75, 3.05) is 13.1 Å². The van der Waals surface area contributed by atoms with Gasteiger partial charge in [-0.1, -0.05) is 0 Å². The summed E-state index contributed by atoms with van der Waals surface area (Å²) in [5.74, 6) is -0.468. The van der Waals surface area contributed by atoms with E-state index in [9.17, 15) is 17.6 Å². The zero-order chi connectivity index (χ0) is 20.4. The molecule has 0 aromatic heterocycles. The van der Waals surface area contributed by atoms with Gasteiger partial charge in [0.05, 0.1) is 5.71 Å². The third-order valence-corrected chi connectivity index (χ3v) is 3.21. The Morgan fingerprint density at radius 2 is 1.50 bits per heavy atom. The Kier molecular flexibility index (Phi) is 11.8. The van der Waals surface area contributed by atoms with Crippen LogP contribution in [0, 0.1) is 5.82 Å². The second-order valence-corrected chi connectivity index (χ2v) is 5.72. The van der Waals surface area contributed by atoms with Crippen LogP contribution >= 0.6 is 0 Å². The zero-order valence-corrected chi connectivity index (χ0v) is 17.2. The van der Waals surface area contributed by atoms with E-state index in [4.69, 9.17) is 25.3 Å². The first-order valence-corrected chi connectivity index (χ1v) is 8.36. The number of halogens is 4. The van der Waals surface area contributed by atoms with Crippen molar-refractivity contribution in [3.05, 3.63) is 35.6 Å². The number of hydrogen-bond donors (Lipinski definition) is 2. The monoisotopic (exact) mass is 483 g/mol. The van der Waals surface area contributed by atoms with E-state index in [0.29, 0.717) is 12.1 Å². The summed E-state index contributed by atoms with van der Waals surface area (Å²) in [5, 5.41) is 19.5. The van der Waals surface area contributed by atoms with Gasteiger partial charge in [0, 0.05) is 12.1 Å². The van der Waals surface area contributed by atoms with Crippen molar-refractivity contribution in [2.24, 2.45) is 20.4 Å². The van der Waals surface area contributed by atoms with E-state index in [-0.39, 0.29) is 33.7 Å². The van der Waals surface area contributed by atoms with Gasteiger partial charge in [-0.3, -0.25) is 0 Å². The third kappa shape index (κ3) is 10.5. The molecular weight excluding hydrogens is 468 g/mol. The largest absolute Gasteiger partial charge is 2.00 e. The standard InChI is InChI=1S/C15H18F4N6S2.Cu/c1-3-20-13(26)24-22-9(2)12(10-4-6-11(16)7-5-10)23-25-14(27)21-8-15(17,18)19;/h4-7H,3,8H2,1-2H3,(H2,20,24,26)(H2,21,25,27);/q;+2/p-2. The van der Waals surface area contributed by atoms with Gasteiger partial charge in [0.15, 0.2) is 0 Å². The molecule has 0 saturated carbocycles. The SMILES string of the molecule is CCNC([S-])=NN=C(C)C(=NN=C([S-])NCC(F)(F)F)c1ccc(F)cc1.[Cu+2]. The Bertz CT molecular complexity index is 748. The maximum Gasteiger partial charge on any atom is 2.00 e. The Morgan fingerprint density at radius 3 is 2.04 bits per heavy atom. The van der Waals surface area contributed by atoms with Crippen molar-refractivity contribution < 1.29 is 34.6 Å². The minimum atomic E-state index is -4.44. The molecule has 13 heteroatoms. The van der Waals surface area contributed by atoms with Crippen molar-refractivity contribution >= 4 is 47.0 Å². The molecule has 157 valence electrons. The van der Waals surface area contributed by atoms with Crippen LogP contribution in [-0.2, 0) is 42.3 Å². The van der Waals surface area contributed by atoms with Crippen molar-refractivity contribution in [2.45, 2.75) is 20.0 Å². The topological polar surface area (TPSA) is 73.5 Å². The van der Waals surface area contributed by atoms with Gasteiger partial charge in [-0.25, -0.2) is 4.39 Å². The normalized spacial score (nSPS) is 13.8. The maximum atomic E-state index is 13.1. The predicted molar refractivity (Wildman–Crippen MR) is 103 cm³/mol. The summed E-state index contributed by atoms with van der Waals surface area (Å²) in [6.07, 6.45) is -4.44. The molecule has 0 aliphatic carbocycles. The molecule has 0 amide bonds. The van der Waals surface area contributed by atoms with E-state index in [1.165, 1.54) is 24.3 Å². The van der Waals surface area contributed by atoms with E-state index >= 15 is 0 Å². The number of nitrogens with one attached hydrogen (secondary N) is 2. The molecule has 0 saturated heterocycles. The molecule has 0 heterocycles. The Labute approximate surface area is 181 Å². The number of hydrogen-bond acceptors (Lipinski definition) is 6. The Hall–Kier alpha value is -1.82. The number of amidine groups is 2. The van der Waals surface area contributed by atoms with Gasteiger partial charge in [0.2, 0.25) is 0 Å². The second kappa shape index (κ2) is 12.6. The first kappa shape index (κ1) is 26.2. The fourth-order valence-corrected chi connectivity index (χ4v) is 1.91. The molecule has 6 nitrogen and oxygen atoms in total. The van der Waals surface area contributed by atoms with E-state index in [1.54, 1.807) is 6.92 Å². The molecule has 2 N–H and O–H groups in total. The Morgan fingerprint density at radius 1 is 0.964 bits per heavy atom. The van der Waals surface area contributed by atoms with Crippen LogP contribution in [0.1, 0.15) is 19.4 Å². The minimum Gasteiger partial charge on any atom is -0.741 e. The summed E-state index contributed by atoms with van der Waals surface area (Å²) in [4.78, 5) is 0. The zero-order valence-electron chi connectivity index (χ0n) is 14.6. The summed E-state index contributed by atoms with van der Waals surface area (Å²) in [7, 11) is 0. The van der Waals surface area contributed by atoms with Crippen molar-refractivity contribution in [3.63, 3.8) is 0 Å². The summed E-state index contributed by atoms with van der Waals surface area (Å²) >= 11 is 9.63. The summed E-state index contributed by atoms with van der Waals surface area (Å²) in [6.45, 7) is 2.60.